The van der Waals surface area contributed by atoms with Crippen LogP contribution in [0.4, 0.5) is 5.69 Å². The van der Waals surface area contributed by atoms with Gasteiger partial charge in [0.15, 0.2) is 0 Å². The molecule has 0 aliphatic heterocycles. The molecule has 0 aliphatic rings. The lowest BCUT2D eigenvalue weighted by Crippen LogP contribution is -2.16. The average Bonchev–Trinajstić information content (AvgIpc) is 3.34. The number of aromatic nitrogens is 2. The molecule has 4 nitrogen and oxygen atoms in total. The Morgan fingerprint density at radius 2 is 1.58 bits per heavy atom. The first-order valence-electron chi connectivity index (χ1n) is 10.6. The zero-order chi connectivity index (χ0) is 21.5. The fourth-order valence-electron chi connectivity index (χ4n) is 4.16. The summed E-state index contributed by atoms with van der Waals surface area (Å²) in [5.74, 6) is 0.338. The summed E-state index contributed by atoms with van der Waals surface area (Å²) in [6, 6.07) is 26.6. The van der Waals surface area contributed by atoms with Crippen LogP contribution in [0.5, 0.6) is 0 Å². The number of benzene rings is 3. The van der Waals surface area contributed by atoms with E-state index in [0.717, 1.165) is 33.2 Å². The number of hydrogen-bond donors (Lipinski definition) is 1. The third-order valence-electron chi connectivity index (χ3n) is 5.90. The number of nitrogens with zero attached hydrogens (tertiary/aromatic N) is 2. The van der Waals surface area contributed by atoms with Gasteiger partial charge in [-0.05, 0) is 60.0 Å². The van der Waals surface area contributed by atoms with E-state index in [0.29, 0.717) is 11.6 Å². The molecular formula is C27H25N3O. The Balaban J connectivity index is 1.56. The van der Waals surface area contributed by atoms with Crippen LogP contribution in [0.15, 0.2) is 85.1 Å². The highest BCUT2D eigenvalue weighted by molar-refractivity contribution is 6.07. The molecular weight excluding hydrogens is 382 g/mol. The summed E-state index contributed by atoms with van der Waals surface area (Å²) in [6.07, 6.45) is 2.02. The van der Waals surface area contributed by atoms with Gasteiger partial charge in [-0.25, -0.2) is 0 Å². The van der Waals surface area contributed by atoms with E-state index in [1.165, 1.54) is 5.56 Å². The fourth-order valence-corrected chi connectivity index (χ4v) is 4.16. The molecule has 5 rings (SSSR count). The number of anilines is 1. The Labute approximate surface area is 181 Å². The number of para-hydroxylation sites is 1. The molecule has 0 fully saturated rings. The molecule has 0 saturated heterocycles. The Bertz CT molecular complexity index is 1400. The molecule has 0 aliphatic carbocycles. The standard InChI is InChI=1S/C27H25N3O/c1-18(2)19-8-11-23(12-9-19)30-25-7-5-4-6-20(25)17-26(30)27(31)28-22-10-13-24-21(16-22)14-15-29(24)3/h4-18H,1-3H3,(H,28,31). The zero-order valence-electron chi connectivity index (χ0n) is 18.0. The van der Waals surface area contributed by atoms with Gasteiger partial charge in [-0.2, -0.15) is 0 Å². The number of hydrogen-bond acceptors (Lipinski definition) is 1. The summed E-state index contributed by atoms with van der Waals surface area (Å²) >= 11 is 0. The van der Waals surface area contributed by atoms with Crippen LogP contribution in [0.25, 0.3) is 27.5 Å². The van der Waals surface area contributed by atoms with Crippen LogP contribution in [-0.2, 0) is 7.05 Å². The van der Waals surface area contributed by atoms with Crippen molar-refractivity contribution in [3.63, 3.8) is 0 Å². The smallest absolute Gasteiger partial charge is 0.272 e. The van der Waals surface area contributed by atoms with Crippen molar-refractivity contribution in [3.05, 3.63) is 96.3 Å². The maximum absolute atomic E-state index is 13.4. The maximum atomic E-state index is 13.4. The molecule has 2 aromatic heterocycles. The Morgan fingerprint density at radius 3 is 2.35 bits per heavy atom. The summed E-state index contributed by atoms with van der Waals surface area (Å²) in [5.41, 5.74) is 5.82. The van der Waals surface area contributed by atoms with Gasteiger partial charge in [0.2, 0.25) is 0 Å². The number of carbonyl (C=O) groups is 1. The minimum atomic E-state index is -0.126. The van der Waals surface area contributed by atoms with Crippen molar-refractivity contribution in [1.82, 2.24) is 9.13 Å². The molecule has 0 unspecified atom stereocenters. The largest absolute Gasteiger partial charge is 0.351 e. The number of carbonyl (C=O) groups excluding carboxylic acids is 1. The van der Waals surface area contributed by atoms with Crippen LogP contribution in [0.2, 0.25) is 0 Å². The minimum Gasteiger partial charge on any atom is -0.351 e. The molecule has 0 bridgehead atoms. The fraction of sp³-hybridized carbons (Fsp3) is 0.148. The Morgan fingerprint density at radius 1 is 0.839 bits per heavy atom. The average molecular weight is 408 g/mol. The molecule has 31 heavy (non-hydrogen) atoms. The van der Waals surface area contributed by atoms with Crippen molar-refractivity contribution in [1.29, 1.82) is 0 Å². The van der Waals surface area contributed by atoms with Gasteiger partial charge in [-0.3, -0.25) is 4.79 Å². The van der Waals surface area contributed by atoms with E-state index in [9.17, 15) is 4.79 Å². The third-order valence-corrected chi connectivity index (χ3v) is 5.90. The van der Waals surface area contributed by atoms with E-state index in [2.05, 4.69) is 60.1 Å². The van der Waals surface area contributed by atoms with Crippen molar-refractivity contribution in [2.24, 2.45) is 7.05 Å². The van der Waals surface area contributed by atoms with Crippen LogP contribution >= 0.6 is 0 Å². The number of nitrogens with one attached hydrogen (secondary N) is 1. The highest BCUT2D eigenvalue weighted by Crippen LogP contribution is 2.27. The lowest BCUT2D eigenvalue weighted by Gasteiger charge is -2.13. The lowest BCUT2D eigenvalue weighted by atomic mass is 10.0. The monoisotopic (exact) mass is 407 g/mol. The molecule has 0 radical (unpaired) electrons. The molecule has 0 spiro atoms. The lowest BCUT2D eigenvalue weighted by molar-refractivity contribution is 0.102. The number of aryl methyl sites for hydroxylation is 1. The molecule has 4 heteroatoms. The third kappa shape index (κ3) is 3.40. The molecule has 5 aromatic rings. The van der Waals surface area contributed by atoms with Crippen molar-refractivity contribution in [2.75, 3.05) is 5.32 Å². The predicted octanol–water partition coefficient (Wildman–Crippen LogP) is 6.50. The minimum absolute atomic E-state index is 0.126. The molecule has 0 saturated carbocycles. The van der Waals surface area contributed by atoms with Gasteiger partial charge in [0.05, 0.1) is 5.52 Å². The van der Waals surface area contributed by atoms with Crippen LogP contribution in [0.3, 0.4) is 0 Å². The van der Waals surface area contributed by atoms with Gasteiger partial charge in [0.1, 0.15) is 5.69 Å². The van der Waals surface area contributed by atoms with E-state index in [-0.39, 0.29) is 5.91 Å². The summed E-state index contributed by atoms with van der Waals surface area (Å²) < 4.78 is 4.11. The van der Waals surface area contributed by atoms with Crippen LogP contribution in [0, 0.1) is 0 Å². The normalized spacial score (nSPS) is 11.5. The van der Waals surface area contributed by atoms with Crippen molar-refractivity contribution in [2.45, 2.75) is 19.8 Å². The highest BCUT2D eigenvalue weighted by Gasteiger charge is 2.17. The molecule has 1 amide bonds. The Hall–Kier alpha value is -3.79. The van der Waals surface area contributed by atoms with Crippen molar-refractivity contribution >= 4 is 33.4 Å². The second kappa shape index (κ2) is 7.47. The SMILES string of the molecule is CC(C)c1ccc(-n2c(C(=O)Nc3ccc4c(ccn4C)c3)cc3ccccc32)cc1. The van der Waals surface area contributed by atoms with Crippen molar-refractivity contribution < 1.29 is 4.79 Å². The number of rotatable bonds is 4. The quantitative estimate of drug-likeness (QED) is 0.363. The van der Waals surface area contributed by atoms with Crippen LogP contribution in [0.1, 0.15) is 35.8 Å². The topological polar surface area (TPSA) is 39.0 Å². The van der Waals surface area contributed by atoms with Crippen LogP contribution < -0.4 is 5.32 Å². The van der Waals surface area contributed by atoms with Gasteiger partial charge in [0.25, 0.3) is 5.91 Å². The maximum Gasteiger partial charge on any atom is 0.272 e. The molecule has 3 aromatic carbocycles. The summed E-state index contributed by atoms with van der Waals surface area (Å²) in [7, 11) is 2.02. The van der Waals surface area contributed by atoms with Gasteiger partial charge in [0, 0.05) is 40.9 Å². The van der Waals surface area contributed by atoms with E-state index in [4.69, 9.17) is 0 Å². The summed E-state index contributed by atoms with van der Waals surface area (Å²) in [6.45, 7) is 4.37. The van der Waals surface area contributed by atoms with Gasteiger partial charge >= 0.3 is 0 Å². The van der Waals surface area contributed by atoms with Gasteiger partial charge in [-0.15, -0.1) is 0 Å². The first kappa shape index (κ1) is 19.2. The molecule has 2 heterocycles. The Kier molecular flexibility index (Phi) is 4.63. The van der Waals surface area contributed by atoms with Crippen molar-refractivity contribution in [3.8, 4) is 5.69 Å². The van der Waals surface area contributed by atoms with Crippen LogP contribution in [-0.4, -0.2) is 15.0 Å². The molecule has 0 atom stereocenters. The zero-order valence-corrected chi connectivity index (χ0v) is 18.0. The molecule has 154 valence electrons. The first-order chi connectivity index (χ1) is 15.0. The summed E-state index contributed by atoms with van der Waals surface area (Å²) in [4.78, 5) is 13.4. The highest BCUT2D eigenvalue weighted by atomic mass is 16.1. The second-order valence-corrected chi connectivity index (χ2v) is 8.32. The predicted molar refractivity (Wildman–Crippen MR) is 128 cm³/mol. The second-order valence-electron chi connectivity index (χ2n) is 8.32. The number of fused-ring (bicyclic) bond motifs is 2. The van der Waals surface area contributed by atoms with E-state index in [1.54, 1.807) is 0 Å². The van der Waals surface area contributed by atoms with E-state index < -0.39 is 0 Å². The van der Waals surface area contributed by atoms with E-state index in [1.807, 2.05) is 60.3 Å². The first-order valence-corrected chi connectivity index (χ1v) is 10.6. The number of amides is 1. The summed E-state index contributed by atoms with van der Waals surface area (Å²) in [5, 5.41) is 5.23. The van der Waals surface area contributed by atoms with Gasteiger partial charge < -0.3 is 14.5 Å². The van der Waals surface area contributed by atoms with Gasteiger partial charge in [-0.1, -0.05) is 44.2 Å². The van der Waals surface area contributed by atoms with E-state index >= 15 is 0 Å². The molecule has 1 N–H and O–H groups in total.